The summed E-state index contributed by atoms with van der Waals surface area (Å²) in [6, 6.07) is 7.74. The number of aliphatic hydroxyl groups excluding tert-OH is 1. The van der Waals surface area contributed by atoms with Gasteiger partial charge in [-0.15, -0.1) is 0 Å². The Labute approximate surface area is 119 Å². The van der Waals surface area contributed by atoms with Gasteiger partial charge in [0.25, 0.3) is 0 Å². The average molecular weight is 280 g/mol. The summed E-state index contributed by atoms with van der Waals surface area (Å²) in [6.07, 6.45) is 1.33. The number of methoxy groups -OCH3 is 1. The Bertz CT molecular complexity index is 445. The van der Waals surface area contributed by atoms with E-state index in [1.807, 2.05) is 24.3 Å². The number of ether oxygens (including phenoxy) is 1. The van der Waals surface area contributed by atoms with Crippen LogP contribution in [0.25, 0.3) is 0 Å². The normalized spacial score (nSPS) is 19.1. The summed E-state index contributed by atoms with van der Waals surface area (Å²) in [4.78, 5) is 2.69. The van der Waals surface area contributed by atoms with Crippen LogP contribution in [-0.4, -0.2) is 41.3 Å². The monoisotopic (exact) mass is 280 g/mol. The molecule has 0 bridgehead atoms. The number of thiocarbonyl (C=S) groups is 1. The maximum absolute atomic E-state index is 9.59. The summed E-state index contributed by atoms with van der Waals surface area (Å²) in [5.41, 5.74) is 6.96. The molecule has 1 unspecified atom stereocenters. The molecule has 19 heavy (non-hydrogen) atoms. The van der Waals surface area contributed by atoms with Crippen LogP contribution in [0.4, 0.5) is 0 Å². The lowest BCUT2D eigenvalue weighted by molar-refractivity contribution is 0.0739. The number of benzene rings is 1. The van der Waals surface area contributed by atoms with Crippen molar-refractivity contribution in [2.45, 2.75) is 25.0 Å². The van der Waals surface area contributed by atoms with Gasteiger partial charge in [-0.3, -0.25) is 4.90 Å². The van der Waals surface area contributed by atoms with Crippen molar-refractivity contribution >= 4 is 17.2 Å². The summed E-state index contributed by atoms with van der Waals surface area (Å²) in [5.74, 6) is 0.802. The van der Waals surface area contributed by atoms with Crippen molar-refractivity contribution in [3.63, 3.8) is 0 Å². The highest BCUT2D eigenvalue weighted by Gasteiger charge is 2.27. The van der Waals surface area contributed by atoms with Gasteiger partial charge in [-0.25, -0.2) is 0 Å². The number of hydrogen-bond acceptors (Lipinski definition) is 4. The summed E-state index contributed by atoms with van der Waals surface area (Å²) in [5, 5.41) is 9.59. The van der Waals surface area contributed by atoms with Crippen LogP contribution in [-0.2, 0) is 0 Å². The first-order valence-corrected chi connectivity index (χ1v) is 6.88. The van der Waals surface area contributed by atoms with E-state index in [1.54, 1.807) is 7.11 Å². The van der Waals surface area contributed by atoms with Gasteiger partial charge in [0.15, 0.2) is 0 Å². The molecule has 1 aromatic rings. The van der Waals surface area contributed by atoms with Gasteiger partial charge in [0.05, 0.1) is 24.2 Å². The van der Waals surface area contributed by atoms with Gasteiger partial charge in [0.2, 0.25) is 0 Å². The molecule has 1 heterocycles. The number of aliphatic hydroxyl groups is 1. The van der Waals surface area contributed by atoms with E-state index in [9.17, 15) is 5.11 Å². The largest absolute Gasteiger partial charge is 0.497 e. The SMILES string of the molecule is COc1cccc(C(C(N)=S)N2CCC(O)CC2)c1. The van der Waals surface area contributed by atoms with Crippen LogP contribution >= 0.6 is 12.2 Å². The summed E-state index contributed by atoms with van der Waals surface area (Å²) in [7, 11) is 1.64. The molecule has 5 heteroatoms. The Balaban J connectivity index is 2.22. The zero-order valence-corrected chi connectivity index (χ0v) is 11.9. The lowest BCUT2D eigenvalue weighted by Crippen LogP contribution is -2.43. The third kappa shape index (κ3) is 3.43. The number of piperidine rings is 1. The van der Waals surface area contributed by atoms with Crippen LogP contribution in [0.3, 0.4) is 0 Å². The minimum Gasteiger partial charge on any atom is -0.497 e. The van der Waals surface area contributed by atoms with E-state index in [0.717, 1.165) is 37.2 Å². The number of nitrogens with zero attached hydrogens (tertiary/aromatic N) is 1. The van der Waals surface area contributed by atoms with Crippen molar-refractivity contribution in [3.05, 3.63) is 29.8 Å². The van der Waals surface area contributed by atoms with E-state index >= 15 is 0 Å². The fourth-order valence-corrected chi connectivity index (χ4v) is 2.80. The second kappa shape index (κ2) is 6.32. The molecule has 0 amide bonds. The first-order valence-electron chi connectivity index (χ1n) is 6.47. The zero-order chi connectivity index (χ0) is 13.8. The van der Waals surface area contributed by atoms with Crippen molar-refractivity contribution in [1.82, 2.24) is 4.90 Å². The van der Waals surface area contributed by atoms with E-state index in [0.29, 0.717) is 4.99 Å². The van der Waals surface area contributed by atoms with Gasteiger partial charge >= 0.3 is 0 Å². The Morgan fingerprint density at radius 1 is 1.47 bits per heavy atom. The molecular formula is C14H20N2O2S. The van der Waals surface area contributed by atoms with E-state index in [2.05, 4.69) is 4.90 Å². The molecule has 0 spiro atoms. The van der Waals surface area contributed by atoms with Crippen molar-refractivity contribution in [2.75, 3.05) is 20.2 Å². The first-order chi connectivity index (χ1) is 9.11. The number of likely N-dealkylation sites (tertiary alicyclic amines) is 1. The Morgan fingerprint density at radius 2 is 2.16 bits per heavy atom. The highest BCUT2D eigenvalue weighted by molar-refractivity contribution is 7.80. The maximum Gasteiger partial charge on any atom is 0.119 e. The minimum absolute atomic E-state index is 0.0856. The molecule has 1 aliphatic heterocycles. The van der Waals surface area contributed by atoms with Crippen molar-refractivity contribution in [1.29, 1.82) is 0 Å². The zero-order valence-electron chi connectivity index (χ0n) is 11.1. The van der Waals surface area contributed by atoms with E-state index in [1.165, 1.54) is 0 Å². The van der Waals surface area contributed by atoms with Gasteiger partial charge in [-0.2, -0.15) is 0 Å². The van der Waals surface area contributed by atoms with Crippen LogP contribution in [0.5, 0.6) is 5.75 Å². The fourth-order valence-electron chi connectivity index (χ4n) is 2.51. The third-order valence-electron chi connectivity index (χ3n) is 3.54. The van der Waals surface area contributed by atoms with Gasteiger partial charge < -0.3 is 15.6 Å². The van der Waals surface area contributed by atoms with Gasteiger partial charge in [-0.1, -0.05) is 24.4 Å². The molecule has 4 nitrogen and oxygen atoms in total. The molecule has 1 atom stereocenters. The Hall–Kier alpha value is -1.17. The maximum atomic E-state index is 9.59. The molecule has 1 fully saturated rings. The molecule has 0 aliphatic carbocycles. The molecule has 0 aromatic heterocycles. The molecular weight excluding hydrogens is 260 g/mol. The highest BCUT2D eigenvalue weighted by Crippen LogP contribution is 2.27. The fraction of sp³-hybridized carbons (Fsp3) is 0.500. The third-order valence-corrected chi connectivity index (χ3v) is 3.77. The molecule has 104 valence electrons. The topological polar surface area (TPSA) is 58.7 Å². The molecule has 0 saturated carbocycles. The van der Waals surface area contributed by atoms with Crippen molar-refractivity contribution < 1.29 is 9.84 Å². The second-order valence-electron chi connectivity index (χ2n) is 4.85. The summed E-state index contributed by atoms with van der Waals surface area (Å²) >= 11 is 5.22. The Morgan fingerprint density at radius 3 is 2.74 bits per heavy atom. The molecule has 2 rings (SSSR count). The van der Waals surface area contributed by atoms with Crippen molar-refractivity contribution in [2.24, 2.45) is 5.73 Å². The second-order valence-corrected chi connectivity index (χ2v) is 5.32. The average Bonchev–Trinajstić information content (AvgIpc) is 2.41. The standard InChI is InChI=1S/C14H20N2O2S/c1-18-12-4-2-3-10(9-12)13(14(15)19)16-7-5-11(17)6-8-16/h2-4,9,11,13,17H,5-8H2,1H3,(H2,15,19). The van der Waals surface area contributed by atoms with Gasteiger partial charge in [0, 0.05) is 13.1 Å². The first kappa shape index (κ1) is 14.2. The predicted octanol–water partition coefficient (Wildman–Crippen LogP) is 1.48. The number of nitrogens with two attached hydrogens (primary N) is 1. The Kier molecular flexibility index (Phi) is 4.74. The molecule has 0 radical (unpaired) electrons. The predicted molar refractivity (Wildman–Crippen MR) is 79.3 cm³/mol. The van der Waals surface area contributed by atoms with Crippen molar-refractivity contribution in [3.8, 4) is 5.75 Å². The van der Waals surface area contributed by atoms with Crippen LogP contribution in [0.1, 0.15) is 24.4 Å². The van der Waals surface area contributed by atoms with E-state index < -0.39 is 0 Å². The molecule has 1 aliphatic rings. The molecule has 1 aromatic carbocycles. The lowest BCUT2D eigenvalue weighted by atomic mass is 10.0. The summed E-state index contributed by atoms with van der Waals surface area (Å²) < 4.78 is 5.25. The van der Waals surface area contributed by atoms with Crippen LogP contribution in [0.2, 0.25) is 0 Å². The molecule has 1 saturated heterocycles. The smallest absolute Gasteiger partial charge is 0.119 e. The molecule has 3 N–H and O–H groups in total. The van der Waals surface area contributed by atoms with Crippen LogP contribution in [0, 0.1) is 0 Å². The number of hydrogen-bond donors (Lipinski definition) is 2. The van der Waals surface area contributed by atoms with Gasteiger partial charge in [0.1, 0.15) is 5.75 Å². The van der Waals surface area contributed by atoms with E-state index in [-0.39, 0.29) is 12.1 Å². The quantitative estimate of drug-likeness (QED) is 0.818. The minimum atomic E-state index is -0.200. The summed E-state index contributed by atoms with van der Waals surface area (Å²) in [6.45, 7) is 1.61. The van der Waals surface area contributed by atoms with E-state index in [4.69, 9.17) is 22.7 Å². The van der Waals surface area contributed by atoms with Gasteiger partial charge in [-0.05, 0) is 30.5 Å². The highest BCUT2D eigenvalue weighted by atomic mass is 32.1. The number of rotatable bonds is 4. The van der Waals surface area contributed by atoms with Crippen LogP contribution in [0.15, 0.2) is 24.3 Å². The lowest BCUT2D eigenvalue weighted by Gasteiger charge is -2.36. The van der Waals surface area contributed by atoms with Crippen LogP contribution < -0.4 is 10.5 Å².